The summed E-state index contributed by atoms with van der Waals surface area (Å²) in [5.74, 6) is -0.461. The Labute approximate surface area is 194 Å². The molecule has 0 aromatic heterocycles. The number of hydrogen-bond donors (Lipinski definition) is 2. The highest BCUT2D eigenvalue weighted by Crippen LogP contribution is 2.38. The highest BCUT2D eigenvalue weighted by molar-refractivity contribution is 5.83. The van der Waals surface area contributed by atoms with E-state index in [1.807, 2.05) is 32.0 Å². The minimum Gasteiger partial charge on any atom is -0.493 e. The van der Waals surface area contributed by atoms with E-state index in [9.17, 15) is 9.90 Å². The molecule has 6 nitrogen and oxygen atoms in total. The number of carboxylic acids is 1. The van der Waals surface area contributed by atoms with Crippen molar-refractivity contribution in [3.63, 3.8) is 0 Å². The normalized spacial score (nSPS) is 17.6. The monoisotopic (exact) mass is 457 g/mol. The van der Waals surface area contributed by atoms with E-state index in [2.05, 4.69) is 5.32 Å². The second-order valence-electron chi connectivity index (χ2n) is 9.17. The Balaban J connectivity index is 1.71. The molecule has 1 saturated carbocycles. The number of rotatable bonds is 9. The molecule has 7 heteroatoms. The van der Waals surface area contributed by atoms with E-state index in [0.717, 1.165) is 16.7 Å². The van der Waals surface area contributed by atoms with Crippen molar-refractivity contribution in [2.75, 3.05) is 32.2 Å². The summed E-state index contributed by atoms with van der Waals surface area (Å²) in [6, 6.07) is 7.35. The molecule has 2 aliphatic rings. The van der Waals surface area contributed by atoms with E-state index in [1.54, 1.807) is 6.07 Å². The van der Waals surface area contributed by atoms with Gasteiger partial charge in [0, 0.05) is 43.9 Å². The van der Waals surface area contributed by atoms with Gasteiger partial charge in [-0.1, -0.05) is 6.07 Å². The third-order valence-corrected chi connectivity index (χ3v) is 6.78. The van der Waals surface area contributed by atoms with Gasteiger partial charge in [-0.25, -0.2) is 9.18 Å². The average molecular weight is 458 g/mol. The first-order chi connectivity index (χ1) is 15.8. The number of carboxylic acid groups (broad SMARTS) is 1. The fraction of sp³-hybridized carbons (Fsp3) is 0.500. The van der Waals surface area contributed by atoms with Gasteiger partial charge in [0.1, 0.15) is 5.54 Å². The fourth-order valence-electron chi connectivity index (χ4n) is 4.36. The van der Waals surface area contributed by atoms with E-state index in [0.29, 0.717) is 62.0 Å². The first-order valence-corrected chi connectivity index (χ1v) is 11.5. The van der Waals surface area contributed by atoms with Crippen molar-refractivity contribution in [1.82, 2.24) is 0 Å². The zero-order valence-corrected chi connectivity index (χ0v) is 19.5. The summed E-state index contributed by atoms with van der Waals surface area (Å²) in [5.41, 5.74) is 3.26. The van der Waals surface area contributed by atoms with Gasteiger partial charge in [0.15, 0.2) is 11.6 Å². The Hall–Kier alpha value is -2.64. The van der Waals surface area contributed by atoms with Crippen LogP contribution < -0.4 is 10.1 Å². The zero-order valence-electron chi connectivity index (χ0n) is 19.5. The number of aryl methyl sites for hydroxylation is 1. The summed E-state index contributed by atoms with van der Waals surface area (Å²) >= 11 is 0. The van der Waals surface area contributed by atoms with Crippen molar-refractivity contribution in [3.05, 3.63) is 46.8 Å². The predicted octanol–water partition coefficient (Wildman–Crippen LogP) is 5.09. The summed E-state index contributed by atoms with van der Waals surface area (Å²) < 4.78 is 32.1. The number of anilines is 1. The molecule has 2 fully saturated rings. The molecular weight excluding hydrogens is 425 g/mol. The summed E-state index contributed by atoms with van der Waals surface area (Å²) in [6.07, 6.45) is 3.11. The lowest BCUT2D eigenvalue weighted by Crippen LogP contribution is -2.50. The van der Waals surface area contributed by atoms with E-state index in [4.69, 9.17) is 14.2 Å². The Bertz CT molecular complexity index is 1030. The summed E-state index contributed by atoms with van der Waals surface area (Å²) in [7, 11) is 1.47. The molecule has 0 amide bonds. The Kier molecular flexibility index (Phi) is 6.91. The molecule has 0 radical (unpaired) electrons. The molecule has 1 aliphatic carbocycles. The van der Waals surface area contributed by atoms with Crippen LogP contribution in [0.25, 0.3) is 11.1 Å². The van der Waals surface area contributed by atoms with Crippen LogP contribution in [-0.4, -0.2) is 43.5 Å². The second kappa shape index (κ2) is 9.69. The highest BCUT2D eigenvalue weighted by Gasteiger charge is 2.40. The molecule has 178 valence electrons. The third-order valence-electron chi connectivity index (χ3n) is 6.78. The van der Waals surface area contributed by atoms with Gasteiger partial charge in [0.2, 0.25) is 0 Å². The van der Waals surface area contributed by atoms with Crippen LogP contribution in [-0.2, 0) is 20.9 Å². The van der Waals surface area contributed by atoms with Crippen molar-refractivity contribution < 1.29 is 28.5 Å². The van der Waals surface area contributed by atoms with E-state index in [-0.39, 0.29) is 5.75 Å². The first-order valence-electron chi connectivity index (χ1n) is 11.5. The van der Waals surface area contributed by atoms with Crippen LogP contribution in [0.2, 0.25) is 0 Å². The quantitative estimate of drug-likeness (QED) is 0.546. The number of ether oxygens (including phenoxy) is 3. The summed E-state index contributed by atoms with van der Waals surface area (Å²) in [6.45, 7) is 5.55. The standard InChI is InChI=1S/C26H32FNO5/c1-16-12-22(23(27)24(31-3)17(16)2)21-7-6-20(13-19(21)15-33-14-18-4-5-18)28-26(25(29)30)8-10-32-11-9-26/h6-7,12-13,18,28H,4-5,8-11,14-15H2,1-3H3,(H,29,30). The SMILES string of the molecule is COc1c(C)c(C)cc(-c2ccc(NC3(C(=O)O)CCOCC3)cc2COCC2CC2)c1F. The lowest BCUT2D eigenvalue weighted by molar-refractivity contribution is -0.145. The summed E-state index contributed by atoms with van der Waals surface area (Å²) in [4.78, 5) is 12.1. The van der Waals surface area contributed by atoms with E-state index >= 15 is 4.39 Å². The average Bonchev–Trinajstić information content (AvgIpc) is 3.62. The lowest BCUT2D eigenvalue weighted by Gasteiger charge is -2.35. The first kappa shape index (κ1) is 23.5. The molecule has 1 aliphatic heterocycles. The van der Waals surface area contributed by atoms with Crippen LogP contribution in [0.1, 0.15) is 42.4 Å². The number of benzene rings is 2. The predicted molar refractivity (Wildman–Crippen MR) is 124 cm³/mol. The molecule has 33 heavy (non-hydrogen) atoms. The van der Waals surface area contributed by atoms with Crippen molar-refractivity contribution in [2.45, 2.75) is 51.7 Å². The van der Waals surface area contributed by atoms with Crippen molar-refractivity contribution in [3.8, 4) is 16.9 Å². The summed E-state index contributed by atoms with van der Waals surface area (Å²) in [5, 5.41) is 13.1. The zero-order chi connectivity index (χ0) is 23.6. The highest BCUT2D eigenvalue weighted by atomic mass is 19.1. The smallest absolute Gasteiger partial charge is 0.329 e. The van der Waals surface area contributed by atoms with Gasteiger partial charge >= 0.3 is 5.97 Å². The topological polar surface area (TPSA) is 77.0 Å². The molecule has 1 heterocycles. The molecule has 2 aromatic rings. The van der Waals surface area contributed by atoms with Gasteiger partial charge in [-0.2, -0.15) is 0 Å². The molecule has 2 aromatic carbocycles. The van der Waals surface area contributed by atoms with Gasteiger partial charge in [-0.05, 0) is 73.1 Å². The number of hydrogen-bond acceptors (Lipinski definition) is 5. The van der Waals surface area contributed by atoms with E-state index < -0.39 is 17.3 Å². The number of halogens is 1. The van der Waals surface area contributed by atoms with Crippen LogP contribution in [0.5, 0.6) is 5.75 Å². The van der Waals surface area contributed by atoms with Gasteiger partial charge in [0.25, 0.3) is 0 Å². The third kappa shape index (κ3) is 4.99. The number of methoxy groups -OCH3 is 1. The van der Waals surface area contributed by atoms with Crippen LogP contribution in [0, 0.1) is 25.6 Å². The minimum absolute atomic E-state index is 0.240. The van der Waals surface area contributed by atoms with Crippen molar-refractivity contribution in [1.29, 1.82) is 0 Å². The van der Waals surface area contributed by atoms with E-state index in [1.165, 1.54) is 20.0 Å². The van der Waals surface area contributed by atoms with Crippen molar-refractivity contribution >= 4 is 11.7 Å². The maximum absolute atomic E-state index is 15.4. The van der Waals surface area contributed by atoms with Crippen LogP contribution >= 0.6 is 0 Å². The van der Waals surface area contributed by atoms with Crippen LogP contribution in [0.15, 0.2) is 24.3 Å². The second-order valence-corrected chi connectivity index (χ2v) is 9.17. The molecule has 0 atom stereocenters. The van der Waals surface area contributed by atoms with Gasteiger partial charge in [0.05, 0.1) is 13.7 Å². The Morgan fingerprint density at radius 2 is 1.94 bits per heavy atom. The van der Waals surface area contributed by atoms with Crippen LogP contribution in [0.3, 0.4) is 0 Å². The molecule has 4 rings (SSSR count). The maximum atomic E-state index is 15.4. The molecule has 0 bridgehead atoms. The molecular formula is C26H32FNO5. The van der Waals surface area contributed by atoms with Gasteiger partial charge in [-0.3, -0.25) is 0 Å². The van der Waals surface area contributed by atoms with Crippen molar-refractivity contribution in [2.24, 2.45) is 5.92 Å². The maximum Gasteiger partial charge on any atom is 0.329 e. The van der Waals surface area contributed by atoms with Gasteiger partial charge < -0.3 is 24.6 Å². The number of carbonyl (C=O) groups is 1. The Morgan fingerprint density at radius 1 is 1.21 bits per heavy atom. The minimum atomic E-state index is -1.08. The largest absolute Gasteiger partial charge is 0.493 e. The van der Waals surface area contributed by atoms with Gasteiger partial charge in [-0.15, -0.1) is 0 Å². The molecule has 2 N–H and O–H groups in total. The number of nitrogens with one attached hydrogen (secondary N) is 1. The Morgan fingerprint density at radius 3 is 2.58 bits per heavy atom. The number of aliphatic carboxylic acids is 1. The lowest BCUT2D eigenvalue weighted by atomic mass is 9.89. The molecule has 0 spiro atoms. The molecule has 0 unspecified atom stereocenters. The molecule has 1 saturated heterocycles. The fourth-order valence-corrected chi connectivity index (χ4v) is 4.36. The van der Waals surface area contributed by atoms with Crippen LogP contribution in [0.4, 0.5) is 10.1 Å².